The molecule has 0 aliphatic carbocycles. The molecule has 1 aliphatic rings. The Balaban J connectivity index is 1.89. The van der Waals surface area contributed by atoms with Gasteiger partial charge in [-0.1, -0.05) is 29.3 Å². The Morgan fingerprint density at radius 3 is 2.28 bits per heavy atom. The molecule has 0 radical (unpaired) electrons. The number of halogens is 2. The number of amides is 2. The molecule has 2 rings (SSSR count). The van der Waals surface area contributed by atoms with Crippen LogP contribution in [0.4, 0.5) is 0 Å². The van der Waals surface area contributed by atoms with Crippen LogP contribution in [0.3, 0.4) is 0 Å². The fraction of sp³-hybridized carbons (Fsp3) is 0.444. The van der Waals surface area contributed by atoms with Crippen LogP contribution in [-0.4, -0.2) is 60.5 Å². The summed E-state index contributed by atoms with van der Waals surface area (Å²) in [7, 11) is 0. The van der Waals surface area contributed by atoms with Crippen molar-refractivity contribution in [2.75, 3.05) is 32.8 Å². The minimum absolute atomic E-state index is 0.0537. The molecule has 7 heteroatoms. The third-order valence-electron chi connectivity index (χ3n) is 4.03. The van der Waals surface area contributed by atoms with Gasteiger partial charge in [-0.05, 0) is 31.5 Å². The maximum Gasteiger partial charge on any atom is 0.254 e. The number of hydrogen-bond acceptors (Lipinski definition) is 3. The molecule has 2 amide bonds. The molecule has 1 fully saturated rings. The zero-order valence-electron chi connectivity index (χ0n) is 14.2. The van der Waals surface area contributed by atoms with Gasteiger partial charge in [-0.3, -0.25) is 9.59 Å². The largest absolute Gasteiger partial charge is 0.368 e. The van der Waals surface area contributed by atoms with Crippen molar-refractivity contribution in [1.82, 2.24) is 9.80 Å². The molecule has 1 saturated heterocycles. The van der Waals surface area contributed by atoms with E-state index < -0.39 is 6.10 Å². The molecular formula is C18H22Cl2N2O3. The highest BCUT2D eigenvalue weighted by Crippen LogP contribution is 2.21. The van der Waals surface area contributed by atoms with Crippen LogP contribution in [0.5, 0.6) is 0 Å². The Bertz CT molecular complexity index is 623. The van der Waals surface area contributed by atoms with Gasteiger partial charge in [-0.2, -0.15) is 0 Å². The summed E-state index contributed by atoms with van der Waals surface area (Å²) in [5, 5.41) is 0.852. The van der Waals surface area contributed by atoms with Crippen molar-refractivity contribution in [2.45, 2.75) is 19.4 Å². The van der Waals surface area contributed by atoms with E-state index in [0.29, 0.717) is 54.8 Å². The molecule has 0 aromatic heterocycles. The fourth-order valence-electron chi connectivity index (χ4n) is 2.65. The van der Waals surface area contributed by atoms with E-state index in [1.807, 2.05) is 0 Å². The minimum Gasteiger partial charge on any atom is -0.368 e. The first-order valence-electron chi connectivity index (χ1n) is 8.19. The van der Waals surface area contributed by atoms with E-state index in [2.05, 4.69) is 6.58 Å². The van der Waals surface area contributed by atoms with Crippen molar-refractivity contribution in [2.24, 2.45) is 0 Å². The molecule has 5 nitrogen and oxygen atoms in total. The lowest BCUT2D eigenvalue weighted by Crippen LogP contribution is -2.52. The van der Waals surface area contributed by atoms with Crippen molar-refractivity contribution >= 4 is 35.0 Å². The minimum atomic E-state index is -0.492. The zero-order valence-corrected chi connectivity index (χ0v) is 15.7. The second-order valence-corrected chi connectivity index (χ2v) is 6.74. The zero-order chi connectivity index (χ0) is 18.4. The van der Waals surface area contributed by atoms with Gasteiger partial charge >= 0.3 is 0 Å². The summed E-state index contributed by atoms with van der Waals surface area (Å²) in [4.78, 5) is 28.4. The van der Waals surface area contributed by atoms with Crippen LogP contribution in [0, 0.1) is 0 Å². The highest BCUT2D eigenvalue weighted by Gasteiger charge is 2.27. The van der Waals surface area contributed by atoms with Crippen LogP contribution in [-0.2, 0) is 9.53 Å². The second kappa shape index (κ2) is 9.22. The third-order valence-corrected chi connectivity index (χ3v) is 4.46. The van der Waals surface area contributed by atoms with Crippen LogP contribution in [0.15, 0.2) is 30.9 Å². The Morgan fingerprint density at radius 1 is 1.16 bits per heavy atom. The van der Waals surface area contributed by atoms with Gasteiger partial charge < -0.3 is 14.5 Å². The highest BCUT2D eigenvalue weighted by molar-refractivity contribution is 6.35. The van der Waals surface area contributed by atoms with Crippen LogP contribution >= 0.6 is 23.2 Å². The van der Waals surface area contributed by atoms with E-state index in [1.165, 1.54) is 0 Å². The van der Waals surface area contributed by atoms with Crippen molar-refractivity contribution in [1.29, 1.82) is 0 Å². The molecule has 1 atom stereocenters. The summed E-state index contributed by atoms with van der Waals surface area (Å²) in [6, 6.07) is 4.79. The molecule has 0 spiro atoms. The van der Waals surface area contributed by atoms with E-state index in [9.17, 15) is 9.59 Å². The summed E-state index contributed by atoms with van der Waals surface area (Å²) >= 11 is 11.9. The van der Waals surface area contributed by atoms with Crippen molar-refractivity contribution in [3.8, 4) is 0 Å². The molecular weight excluding hydrogens is 363 g/mol. The Labute approximate surface area is 158 Å². The maximum atomic E-state index is 12.6. The van der Waals surface area contributed by atoms with Gasteiger partial charge in [0.05, 0.1) is 6.61 Å². The first kappa shape index (κ1) is 19.8. The lowest BCUT2D eigenvalue weighted by molar-refractivity contribution is -0.144. The lowest BCUT2D eigenvalue weighted by atomic mass is 10.1. The summed E-state index contributed by atoms with van der Waals surface area (Å²) in [6.45, 7) is 7.74. The van der Waals surface area contributed by atoms with Gasteiger partial charge in [0.2, 0.25) is 0 Å². The van der Waals surface area contributed by atoms with Crippen LogP contribution in [0.2, 0.25) is 10.0 Å². The van der Waals surface area contributed by atoms with Crippen LogP contribution in [0.1, 0.15) is 23.7 Å². The second-order valence-electron chi connectivity index (χ2n) is 5.87. The van der Waals surface area contributed by atoms with Gasteiger partial charge in [0.1, 0.15) is 6.10 Å². The lowest BCUT2D eigenvalue weighted by Gasteiger charge is -2.36. The monoisotopic (exact) mass is 384 g/mol. The fourth-order valence-corrected chi connectivity index (χ4v) is 3.17. The van der Waals surface area contributed by atoms with Gasteiger partial charge in [-0.25, -0.2) is 0 Å². The number of benzene rings is 1. The Hall–Kier alpha value is -1.56. The molecule has 1 heterocycles. The topological polar surface area (TPSA) is 49.9 Å². The van der Waals surface area contributed by atoms with E-state index in [1.54, 1.807) is 41.0 Å². The predicted molar refractivity (Wildman–Crippen MR) is 99.2 cm³/mol. The molecule has 1 aromatic carbocycles. The number of carbonyl (C=O) groups is 2. The average Bonchev–Trinajstić information content (AvgIpc) is 2.60. The van der Waals surface area contributed by atoms with Crippen molar-refractivity contribution in [3.05, 3.63) is 46.5 Å². The van der Waals surface area contributed by atoms with E-state index in [-0.39, 0.29) is 11.8 Å². The molecule has 0 bridgehead atoms. The van der Waals surface area contributed by atoms with Gasteiger partial charge in [0, 0.05) is 41.8 Å². The van der Waals surface area contributed by atoms with Crippen LogP contribution in [0.25, 0.3) is 0 Å². The first-order chi connectivity index (χ1) is 11.9. The number of rotatable bonds is 6. The van der Waals surface area contributed by atoms with Gasteiger partial charge in [0.25, 0.3) is 11.8 Å². The van der Waals surface area contributed by atoms with Crippen molar-refractivity contribution < 1.29 is 14.3 Å². The predicted octanol–water partition coefficient (Wildman–Crippen LogP) is 3.26. The number of hydrogen-bond donors (Lipinski definition) is 0. The first-order valence-corrected chi connectivity index (χ1v) is 8.94. The van der Waals surface area contributed by atoms with Crippen LogP contribution < -0.4 is 0 Å². The number of ether oxygens (including phenoxy) is 1. The standard InChI is InChI=1S/C18H22Cl2N2O3/c1-3-4-9-25-13(2)17(23)21-5-7-22(8-6-21)18(24)14-10-15(19)12-16(20)11-14/h3,10-13H,1,4-9H2,2H3. The molecule has 0 N–H and O–H groups in total. The summed E-state index contributed by atoms with van der Waals surface area (Å²) < 4.78 is 5.50. The normalized spacial score (nSPS) is 15.8. The maximum absolute atomic E-state index is 12.6. The molecule has 1 aromatic rings. The summed E-state index contributed by atoms with van der Waals surface area (Å²) in [6.07, 6.45) is 1.97. The highest BCUT2D eigenvalue weighted by atomic mass is 35.5. The number of piperazine rings is 1. The molecule has 0 saturated carbocycles. The molecule has 25 heavy (non-hydrogen) atoms. The van der Waals surface area contributed by atoms with E-state index >= 15 is 0 Å². The average molecular weight is 385 g/mol. The summed E-state index contributed by atoms with van der Waals surface area (Å²) in [5.41, 5.74) is 0.457. The van der Waals surface area contributed by atoms with E-state index in [0.717, 1.165) is 0 Å². The Kier molecular flexibility index (Phi) is 7.29. The van der Waals surface area contributed by atoms with Gasteiger partial charge in [0.15, 0.2) is 0 Å². The SMILES string of the molecule is C=CCCOC(C)C(=O)N1CCN(C(=O)c2cc(Cl)cc(Cl)c2)CC1. The van der Waals surface area contributed by atoms with Crippen molar-refractivity contribution in [3.63, 3.8) is 0 Å². The van der Waals surface area contributed by atoms with E-state index in [4.69, 9.17) is 27.9 Å². The molecule has 1 unspecified atom stereocenters. The number of carbonyl (C=O) groups excluding carboxylic acids is 2. The molecule has 1 aliphatic heterocycles. The smallest absolute Gasteiger partial charge is 0.254 e. The number of nitrogens with zero attached hydrogens (tertiary/aromatic N) is 2. The quantitative estimate of drug-likeness (QED) is 0.558. The summed E-state index contributed by atoms with van der Waals surface area (Å²) in [5.74, 6) is -0.186. The molecule has 136 valence electrons. The third kappa shape index (κ3) is 5.46. The Morgan fingerprint density at radius 2 is 1.72 bits per heavy atom. The van der Waals surface area contributed by atoms with Gasteiger partial charge in [-0.15, -0.1) is 6.58 Å².